The number of nitrogens with one attached hydrogen (secondary N) is 1. The Morgan fingerprint density at radius 1 is 1.35 bits per heavy atom. The molecule has 5 nitrogen and oxygen atoms in total. The second-order valence-electron chi connectivity index (χ2n) is 4.25. The van der Waals surface area contributed by atoms with Gasteiger partial charge in [0.05, 0.1) is 6.54 Å². The van der Waals surface area contributed by atoms with Gasteiger partial charge in [0.15, 0.2) is 0 Å². The smallest absolute Gasteiger partial charge is 0.133 e. The molecule has 0 saturated carbocycles. The molecule has 0 amide bonds. The molecule has 17 heavy (non-hydrogen) atoms. The quantitative estimate of drug-likeness (QED) is 0.877. The highest BCUT2D eigenvalue weighted by atomic mass is 16.5. The fourth-order valence-electron chi connectivity index (χ4n) is 1.45. The van der Waals surface area contributed by atoms with E-state index in [0.717, 1.165) is 23.0 Å². The van der Waals surface area contributed by atoms with Crippen molar-refractivity contribution in [2.24, 2.45) is 0 Å². The maximum Gasteiger partial charge on any atom is 0.133 e. The molecule has 0 bridgehead atoms. The first-order valence-electron chi connectivity index (χ1n) is 5.64. The Balaban J connectivity index is 2.10. The molecular weight excluding hydrogens is 216 g/mol. The minimum atomic E-state index is 0.322. The summed E-state index contributed by atoms with van der Waals surface area (Å²) in [7, 11) is 0. The Hall–Kier alpha value is -1.91. The van der Waals surface area contributed by atoms with E-state index in [0.29, 0.717) is 12.5 Å². The Morgan fingerprint density at radius 3 is 2.82 bits per heavy atom. The van der Waals surface area contributed by atoms with E-state index in [2.05, 4.69) is 34.3 Å². The summed E-state index contributed by atoms with van der Waals surface area (Å²) in [6, 6.07) is 3.75. The van der Waals surface area contributed by atoms with Crippen LogP contribution in [0.2, 0.25) is 0 Å². The second-order valence-corrected chi connectivity index (χ2v) is 4.25. The Kier molecular flexibility index (Phi) is 3.37. The van der Waals surface area contributed by atoms with Crippen LogP contribution in [0.1, 0.15) is 37.0 Å². The number of nitrogens with zero attached hydrogens (tertiary/aromatic N) is 3. The van der Waals surface area contributed by atoms with Crippen LogP contribution in [0.15, 0.2) is 22.9 Å². The van der Waals surface area contributed by atoms with Gasteiger partial charge in [-0.25, -0.2) is 9.97 Å². The van der Waals surface area contributed by atoms with Crippen molar-refractivity contribution in [1.29, 1.82) is 0 Å². The van der Waals surface area contributed by atoms with Gasteiger partial charge in [0.1, 0.15) is 23.6 Å². The summed E-state index contributed by atoms with van der Waals surface area (Å²) in [6.45, 7) is 6.73. The zero-order chi connectivity index (χ0) is 12.3. The van der Waals surface area contributed by atoms with Crippen LogP contribution >= 0.6 is 0 Å². The highest BCUT2D eigenvalue weighted by Crippen LogP contribution is 2.14. The molecule has 0 aliphatic heterocycles. The van der Waals surface area contributed by atoms with Gasteiger partial charge in [-0.15, -0.1) is 0 Å². The van der Waals surface area contributed by atoms with Crippen molar-refractivity contribution < 1.29 is 4.52 Å². The number of aromatic nitrogens is 3. The molecule has 2 heterocycles. The third kappa shape index (κ3) is 3.03. The molecule has 0 radical (unpaired) electrons. The molecule has 0 fully saturated rings. The van der Waals surface area contributed by atoms with Gasteiger partial charge in [0.2, 0.25) is 0 Å². The van der Waals surface area contributed by atoms with Gasteiger partial charge in [-0.05, 0) is 6.92 Å². The molecule has 0 aliphatic carbocycles. The minimum Gasteiger partial charge on any atom is -0.364 e. The third-order valence-electron chi connectivity index (χ3n) is 2.33. The number of hydrogen-bond acceptors (Lipinski definition) is 5. The molecule has 2 aromatic heterocycles. The van der Waals surface area contributed by atoms with Crippen LogP contribution in [-0.4, -0.2) is 15.1 Å². The van der Waals surface area contributed by atoms with E-state index in [4.69, 9.17) is 4.52 Å². The van der Waals surface area contributed by atoms with Gasteiger partial charge < -0.3 is 9.84 Å². The van der Waals surface area contributed by atoms with Crippen LogP contribution in [0.3, 0.4) is 0 Å². The first kappa shape index (κ1) is 11.6. The number of anilines is 1. The van der Waals surface area contributed by atoms with Gasteiger partial charge in [-0.3, -0.25) is 0 Å². The lowest BCUT2D eigenvalue weighted by molar-refractivity contribution is 0.412. The fraction of sp³-hybridized carbons (Fsp3) is 0.417. The highest BCUT2D eigenvalue weighted by Gasteiger charge is 2.06. The van der Waals surface area contributed by atoms with Crippen molar-refractivity contribution in [2.75, 3.05) is 5.32 Å². The van der Waals surface area contributed by atoms with E-state index in [1.165, 1.54) is 0 Å². The highest BCUT2D eigenvalue weighted by molar-refractivity contribution is 5.36. The topological polar surface area (TPSA) is 63.8 Å². The van der Waals surface area contributed by atoms with Crippen molar-refractivity contribution in [3.8, 4) is 0 Å². The summed E-state index contributed by atoms with van der Waals surface area (Å²) in [6.07, 6.45) is 1.56. The first-order chi connectivity index (χ1) is 8.15. The normalized spacial score (nSPS) is 10.8. The predicted octanol–water partition coefficient (Wildman–Crippen LogP) is 2.51. The summed E-state index contributed by atoms with van der Waals surface area (Å²) >= 11 is 0. The van der Waals surface area contributed by atoms with Crippen molar-refractivity contribution in [1.82, 2.24) is 15.1 Å². The Morgan fingerprint density at radius 2 is 2.18 bits per heavy atom. The van der Waals surface area contributed by atoms with Crippen molar-refractivity contribution in [2.45, 2.75) is 33.2 Å². The lowest BCUT2D eigenvalue weighted by Gasteiger charge is -2.09. The van der Waals surface area contributed by atoms with Crippen LogP contribution < -0.4 is 5.32 Å². The maximum absolute atomic E-state index is 4.77. The van der Waals surface area contributed by atoms with E-state index in [9.17, 15) is 0 Å². The zero-order valence-corrected chi connectivity index (χ0v) is 10.3. The maximum atomic E-state index is 4.77. The number of aryl methyl sites for hydroxylation is 1. The van der Waals surface area contributed by atoms with Gasteiger partial charge in [-0.2, -0.15) is 0 Å². The molecule has 0 aliphatic rings. The van der Waals surface area contributed by atoms with Gasteiger partial charge >= 0.3 is 0 Å². The molecule has 0 spiro atoms. The lowest BCUT2D eigenvalue weighted by atomic mass is 10.2. The third-order valence-corrected chi connectivity index (χ3v) is 2.33. The van der Waals surface area contributed by atoms with E-state index < -0.39 is 0 Å². The number of rotatable bonds is 4. The molecule has 2 aromatic rings. The molecular formula is C12H16N4O. The second kappa shape index (κ2) is 4.95. The summed E-state index contributed by atoms with van der Waals surface area (Å²) in [5, 5.41) is 7.04. The average molecular weight is 232 g/mol. The van der Waals surface area contributed by atoms with Crippen LogP contribution in [0, 0.1) is 6.92 Å². The Labute approximate surface area is 100 Å². The molecule has 0 saturated heterocycles. The van der Waals surface area contributed by atoms with Gasteiger partial charge in [-0.1, -0.05) is 19.0 Å². The van der Waals surface area contributed by atoms with E-state index >= 15 is 0 Å². The summed E-state index contributed by atoms with van der Waals surface area (Å²) in [5.74, 6) is 2.00. The van der Waals surface area contributed by atoms with E-state index in [-0.39, 0.29) is 0 Å². The molecule has 90 valence electrons. The van der Waals surface area contributed by atoms with Crippen LogP contribution in [-0.2, 0) is 6.54 Å². The monoisotopic (exact) mass is 232 g/mol. The van der Waals surface area contributed by atoms with E-state index in [1.807, 2.05) is 19.1 Å². The summed E-state index contributed by atoms with van der Waals surface area (Å²) in [4.78, 5) is 8.84. The van der Waals surface area contributed by atoms with Crippen molar-refractivity contribution >= 4 is 5.82 Å². The lowest BCUT2D eigenvalue weighted by Crippen LogP contribution is -2.06. The van der Waals surface area contributed by atoms with Gasteiger partial charge in [0.25, 0.3) is 0 Å². The molecule has 0 aromatic carbocycles. The summed E-state index contributed by atoms with van der Waals surface area (Å²) in [5.41, 5.74) is 1.82. The number of hydrogen-bond donors (Lipinski definition) is 1. The standard InChI is InChI=1S/C12H16N4O/c1-8(2)12-14-9(3)6-11(15-12)13-7-10-4-5-17-16-10/h4-6,8H,7H2,1-3H3,(H,13,14,15). The van der Waals surface area contributed by atoms with Crippen LogP contribution in [0.5, 0.6) is 0 Å². The van der Waals surface area contributed by atoms with Crippen LogP contribution in [0.4, 0.5) is 5.82 Å². The predicted molar refractivity (Wildman–Crippen MR) is 64.7 cm³/mol. The van der Waals surface area contributed by atoms with Crippen molar-refractivity contribution in [3.05, 3.63) is 35.6 Å². The molecule has 2 rings (SSSR count). The molecule has 0 atom stereocenters. The zero-order valence-electron chi connectivity index (χ0n) is 10.3. The van der Waals surface area contributed by atoms with Gasteiger partial charge in [0, 0.05) is 23.7 Å². The Bertz CT molecular complexity index is 479. The van der Waals surface area contributed by atoms with E-state index in [1.54, 1.807) is 6.26 Å². The van der Waals surface area contributed by atoms with Crippen molar-refractivity contribution in [3.63, 3.8) is 0 Å². The SMILES string of the molecule is Cc1cc(NCc2ccon2)nc(C(C)C)n1. The largest absolute Gasteiger partial charge is 0.364 e. The minimum absolute atomic E-state index is 0.322. The first-order valence-corrected chi connectivity index (χ1v) is 5.64. The average Bonchev–Trinajstić information content (AvgIpc) is 2.78. The molecule has 1 N–H and O–H groups in total. The molecule has 0 unspecified atom stereocenters. The van der Waals surface area contributed by atoms with Crippen LogP contribution in [0.25, 0.3) is 0 Å². The fourth-order valence-corrected chi connectivity index (χ4v) is 1.45. The summed E-state index contributed by atoms with van der Waals surface area (Å²) < 4.78 is 4.77. The molecule has 5 heteroatoms.